The zero-order valence-corrected chi connectivity index (χ0v) is 17.4. The summed E-state index contributed by atoms with van der Waals surface area (Å²) >= 11 is 0. The molecule has 11 heteroatoms. The average Bonchev–Trinajstić information content (AvgIpc) is 2.98. The zero-order valence-electron chi connectivity index (χ0n) is 16.6. The van der Waals surface area contributed by atoms with Crippen LogP contribution in [0, 0.1) is 5.41 Å². The molecule has 0 bridgehead atoms. The highest BCUT2D eigenvalue weighted by molar-refractivity contribution is 7.93. The van der Waals surface area contributed by atoms with E-state index in [4.69, 9.17) is 4.52 Å². The van der Waals surface area contributed by atoms with Crippen LogP contribution in [-0.4, -0.2) is 29.2 Å². The van der Waals surface area contributed by atoms with Crippen molar-refractivity contribution in [1.82, 2.24) is 10.1 Å². The Morgan fingerprint density at radius 2 is 1.76 bits per heavy atom. The van der Waals surface area contributed by atoms with Crippen LogP contribution in [0.25, 0.3) is 0 Å². The van der Waals surface area contributed by atoms with Crippen LogP contribution in [-0.2, 0) is 27.2 Å². The number of aromatic nitrogens is 2. The van der Waals surface area contributed by atoms with Crippen LogP contribution in [0.1, 0.15) is 46.0 Å². The fraction of sp³-hybridized carbons (Fsp3) is 0.500. The molecule has 0 saturated heterocycles. The fourth-order valence-corrected chi connectivity index (χ4v) is 3.71. The molecule has 1 amide bonds. The van der Waals surface area contributed by atoms with Gasteiger partial charge in [0.2, 0.25) is 11.8 Å². The average molecular weight is 433 g/mol. The highest BCUT2D eigenvalue weighted by atomic mass is 32.2. The second kappa shape index (κ2) is 7.43. The molecule has 0 saturated carbocycles. The number of carbonyl (C=O) groups excluding carboxylic acids is 1. The summed E-state index contributed by atoms with van der Waals surface area (Å²) in [5, 5.41) is 6.19. The SMILES string of the molecule is CC(C)(C)Cc1cc(NC(=O)C(C)(C)S(=O)(=O)c2ccc(C(F)(F)F)nc2)on1. The van der Waals surface area contributed by atoms with Gasteiger partial charge in [-0.05, 0) is 37.8 Å². The Labute approximate surface area is 166 Å². The van der Waals surface area contributed by atoms with Crippen molar-refractivity contribution in [3.05, 3.63) is 35.8 Å². The third-order valence-corrected chi connectivity index (χ3v) is 6.45. The highest BCUT2D eigenvalue weighted by Crippen LogP contribution is 2.31. The quantitative estimate of drug-likeness (QED) is 0.768. The van der Waals surface area contributed by atoms with Gasteiger partial charge < -0.3 is 4.52 Å². The van der Waals surface area contributed by atoms with E-state index >= 15 is 0 Å². The van der Waals surface area contributed by atoms with Crippen LogP contribution in [0.3, 0.4) is 0 Å². The molecule has 0 aliphatic rings. The first-order chi connectivity index (χ1) is 13.0. The van der Waals surface area contributed by atoms with Crippen molar-refractivity contribution < 1.29 is 30.9 Å². The molecule has 29 heavy (non-hydrogen) atoms. The van der Waals surface area contributed by atoms with Crippen LogP contribution in [0.2, 0.25) is 0 Å². The minimum Gasteiger partial charge on any atom is -0.338 e. The maximum atomic E-state index is 12.8. The van der Waals surface area contributed by atoms with E-state index in [9.17, 15) is 26.4 Å². The van der Waals surface area contributed by atoms with Crippen molar-refractivity contribution in [2.75, 3.05) is 5.32 Å². The van der Waals surface area contributed by atoms with Gasteiger partial charge in [0.05, 0.1) is 10.6 Å². The Morgan fingerprint density at radius 3 is 2.24 bits per heavy atom. The van der Waals surface area contributed by atoms with E-state index < -0.39 is 37.3 Å². The number of nitrogens with one attached hydrogen (secondary N) is 1. The van der Waals surface area contributed by atoms with Crippen LogP contribution in [0.15, 0.2) is 33.8 Å². The van der Waals surface area contributed by atoms with Crippen LogP contribution >= 0.6 is 0 Å². The minimum absolute atomic E-state index is 0.0249. The molecule has 160 valence electrons. The number of sulfone groups is 1. The number of hydrogen-bond donors (Lipinski definition) is 1. The molecule has 7 nitrogen and oxygen atoms in total. The molecular weight excluding hydrogens is 411 g/mol. The van der Waals surface area contributed by atoms with E-state index in [0.717, 1.165) is 19.9 Å². The molecule has 0 aliphatic carbocycles. The number of alkyl halides is 3. The van der Waals surface area contributed by atoms with E-state index in [0.29, 0.717) is 24.4 Å². The van der Waals surface area contributed by atoms with Gasteiger partial charge in [0.1, 0.15) is 10.4 Å². The first-order valence-electron chi connectivity index (χ1n) is 8.59. The van der Waals surface area contributed by atoms with Gasteiger partial charge in [-0.1, -0.05) is 25.9 Å². The van der Waals surface area contributed by atoms with Crippen molar-refractivity contribution in [2.24, 2.45) is 5.41 Å². The lowest BCUT2D eigenvalue weighted by Gasteiger charge is -2.23. The standard InChI is InChI=1S/C18H22F3N3O4S/c1-16(2,3)9-11-8-14(28-24-11)23-15(25)17(4,5)29(26,27)12-6-7-13(22-10-12)18(19,20)21/h6-8,10H,9H2,1-5H3,(H,23,25). The third kappa shape index (κ3) is 5.14. The molecule has 2 rings (SSSR count). The summed E-state index contributed by atoms with van der Waals surface area (Å²) in [6, 6.07) is 2.82. The van der Waals surface area contributed by atoms with E-state index in [-0.39, 0.29) is 11.3 Å². The van der Waals surface area contributed by atoms with Gasteiger partial charge in [-0.25, -0.2) is 8.42 Å². The van der Waals surface area contributed by atoms with Crippen molar-refractivity contribution in [2.45, 2.75) is 56.9 Å². The fourth-order valence-electron chi connectivity index (χ4n) is 2.38. The molecule has 0 unspecified atom stereocenters. The number of hydrogen-bond acceptors (Lipinski definition) is 6. The summed E-state index contributed by atoms with van der Waals surface area (Å²) < 4.78 is 66.5. The van der Waals surface area contributed by atoms with Gasteiger partial charge in [-0.15, -0.1) is 0 Å². The first kappa shape index (κ1) is 22.9. The van der Waals surface area contributed by atoms with Crippen LogP contribution in [0.5, 0.6) is 0 Å². The van der Waals surface area contributed by atoms with Crippen molar-refractivity contribution >= 4 is 21.6 Å². The highest BCUT2D eigenvalue weighted by Gasteiger charge is 2.44. The third-order valence-electron chi connectivity index (χ3n) is 4.06. The van der Waals surface area contributed by atoms with E-state index in [1.165, 1.54) is 6.07 Å². The monoisotopic (exact) mass is 433 g/mol. The zero-order chi connectivity index (χ0) is 22.3. The Bertz CT molecular complexity index is 989. The molecule has 0 atom stereocenters. The van der Waals surface area contributed by atoms with Gasteiger partial charge in [0, 0.05) is 12.3 Å². The second-order valence-electron chi connectivity index (χ2n) is 8.26. The molecule has 0 aliphatic heterocycles. The number of amides is 1. The Kier molecular flexibility index (Phi) is 5.86. The van der Waals surface area contributed by atoms with Crippen LogP contribution < -0.4 is 5.32 Å². The molecule has 2 aromatic heterocycles. The van der Waals surface area contributed by atoms with Gasteiger partial charge in [-0.2, -0.15) is 13.2 Å². The van der Waals surface area contributed by atoms with E-state index in [2.05, 4.69) is 15.5 Å². The van der Waals surface area contributed by atoms with E-state index in [1.807, 2.05) is 20.8 Å². The predicted molar refractivity (Wildman–Crippen MR) is 98.8 cm³/mol. The molecule has 1 N–H and O–H groups in total. The smallest absolute Gasteiger partial charge is 0.338 e. The molecule has 0 spiro atoms. The Balaban J connectivity index is 2.23. The summed E-state index contributed by atoms with van der Waals surface area (Å²) in [6.45, 7) is 8.26. The lowest BCUT2D eigenvalue weighted by Crippen LogP contribution is -2.44. The van der Waals surface area contributed by atoms with Gasteiger partial charge in [-0.3, -0.25) is 15.1 Å². The topological polar surface area (TPSA) is 102 Å². The largest absolute Gasteiger partial charge is 0.433 e. The number of carbonyl (C=O) groups is 1. The normalized spacial score (nSPS) is 13.4. The maximum absolute atomic E-state index is 12.8. The number of halogens is 3. The lowest BCUT2D eigenvalue weighted by atomic mass is 9.91. The predicted octanol–water partition coefficient (Wildman–Crippen LogP) is 3.87. The molecule has 2 aromatic rings. The molecule has 0 aromatic carbocycles. The summed E-state index contributed by atoms with van der Waals surface area (Å²) in [4.78, 5) is 15.2. The van der Waals surface area contributed by atoms with Crippen molar-refractivity contribution in [3.63, 3.8) is 0 Å². The first-order valence-corrected chi connectivity index (χ1v) is 10.1. The Morgan fingerprint density at radius 1 is 1.14 bits per heavy atom. The lowest BCUT2D eigenvalue weighted by molar-refractivity contribution is -0.141. The number of anilines is 1. The molecular formula is C18H22F3N3O4S. The number of rotatable bonds is 5. The van der Waals surface area contributed by atoms with Gasteiger partial charge >= 0.3 is 6.18 Å². The minimum atomic E-state index is -4.70. The molecule has 2 heterocycles. The summed E-state index contributed by atoms with van der Waals surface area (Å²) in [7, 11) is -4.35. The van der Waals surface area contributed by atoms with Crippen LogP contribution in [0.4, 0.5) is 19.1 Å². The van der Waals surface area contributed by atoms with Crippen molar-refractivity contribution in [3.8, 4) is 0 Å². The number of nitrogens with zero attached hydrogens (tertiary/aromatic N) is 2. The summed E-state index contributed by atoms with van der Waals surface area (Å²) in [5.74, 6) is -0.945. The second-order valence-corrected chi connectivity index (χ2v) is 10.8. The van der Waals surface area contributed by atoms with Gasteiger partial charge in [0.15, 0.2) is 9.84 Å². The molecule has 0 radical (unpaired) electrons. The van der Waals surface area contributed by atoms with Gasteiger partial charge in [0.25, 0.3) is 0 Å². The van der Waals surface area contributed by atoms with E-state index in [1.54, 1.807) is 0 Å². The summed E-state index contributed by atoms with van der Waals surface area (Å²) in [6.07, 6.45) is -3.54. The van der Waals surface area contributed by atoms with Crippen molar-refractivity contribution in [1.29, 1.82) is 0 Å². The number of pyridine rings is 1. The Hall–Kier alpha value is -2.43. The molecule has 0 fully saturated rings. The summed E-state index contributed by atoms with van der Waals surface area (Å²) in [5.41, 5.74) is -0.719. The maximum Gasteiger partial charge on any atom is 0.433 e.